The Morgan fingerprint density at radius 3 is 2.88 bits per heavy atom. The molecule has 3 aromatic rings. The van der Waals surface area contributed by atoms with E-state index in [0.717, 1.165) is 18.2 Å². The quantitative estimate of drug-likeness (QED) is 0.647. The lowest BCUT2D eigenvalue weighted by atomic mass is 10.3. The van der Waals surface area contributed by atoms with Crippen molar-refractivity contribution in [2.24, 2.45) is 12.8 Å². The molecule has 2 aromatic heterocycles. The van der Waals surface area contributed by atoms with E-state index in [4.69, 9.17) is 17.3 Å². The fourth-order valence-corrected chi connectivity index (χ4v) is 2.68. The van der Waals surface area contributed by atoms with Gasteiger partial charge in [-0.3, -0.25) is 4.68 Å². The zero-order chi connectivity index (χ0) is 17.6. The number of rotatable bonds is 5. The molecule has 0 bridgehead atoms. The van der Waals surface area contributed by atoms with Gasteiger partial charge in [0.15, 0.2) is 5.65 Å². The van der Waals surface area contributed by atoms with E-state index in [-0.39, 0.29) is 10.6 Å². The normalized spacial score (nSPS) is 15.4. The van der Waals surface area contributed by atoms with E-state index in [0.29, 0.717) is 29.6 Å². The lowest BCUT2D eigenvalue weighted by molar-refractivity contribution is 0.628. The highest BCUT2D eigenvalue weighted by atomic mass is 35.5. The molecule has 0 saturated heterocycles. The molecule has 0 unspecified atom stereocenters. The molecule has 4 N–H and O–H groups in total. The minimum atomic E-state index is -0.471. The van der Waals surface area contributed by atoms with Crippen molar-refractivity contribution in [2.75, 3.05) is 17.2 Å². The van der Waals surface area contributed by atoms with Crippen LogP contribution >= 0.6 is 11.6 Å². The van der Waals surface area contributed by atoms with Crippen LogP contribution < -0.4 is 16.4 Å². The molecule has 0 radical (unpaired) electrons. The van der Waals surface area contributed by atoms with Gasteiger partial charge < -0.3 is 16.4 Å². The van der Waals surface area contributed by atoms with Crippen LogP contribution in [0.2, 0.25) is 5.02 Å². The van der Waals surface area contributed by atoms with E-state index in [1.165, 1.54) is 12.1 Å². The van der Waals surface area contributed by atoms with Gasteiger partial charge in [-0.05, 0) is 31.0 Å². The Kier molecular flexibility index (Phi) is 3.73. The number of aromatic nitrogens is 4. The molecule has 0 amide bonds. The molecule has 1 aliphatic rings. The van der Waals surface area contributed by atoms with Crippen molar-refractivity contribution >= 4 is 40.1 Å². The van der Waals surface area contributed by atoms with Crippen LogP contribution in [-0.4, -0.2) is 31.8 Å². The van der Waals surface area contributed by atoms with E-state index >= 15 is 0 Å². The maximum Gasteiger partial charge on any atom is 0.226 e. The minimum absolute atomic E-state index is 0.0404. The van der Waals surface area contributed by atoms with Gasteiger partial charge in [0.25, 0.3) is 0 Å². The van der Waals surface area contributed by atoms with Crippen LogP contribution in [0.1, 0.15) is 12.8 Å². The Bertz CT molecular complexity index is 951. The summed E-state index contributed by atoms with van der Waals surface area (Å²) in [5, 5.41) is 11.4. The van der Waals surface area contributed by atoms with E-state index < -0.39 is 5.82 Å². The molecule has 0 aliphatic heterocycles. The molecule has 1 aromatic carbocycles. The van der Waals surface area contributed by atoms with E-state index in [1.807, 2.05) is 7.05 Å². The topological polar surface area (TPSA) is 93.7 Å². The highest BCUT2D eigenvalue weighted by Crippen LogP contribution is 2.32. The zero-order valence-corrected chi connectivity index (χ0v) is 14.3. The fraction of sp³-hybridized carbons (Fsp3) is 0.312. The van der Waals surface area contributed by atoms with Gasteiger partial charge in [0.05, 0.1) is 16.6 Å². The van der Waals surface area contributed by atoms with Crippen LogP contribution in [0.4, 0.5) is 21.8 Å². The number of halogens is 2. The number of benzene rings is 1. The van der Waals surface area contributed by atoms with Crippen molar-refractivity contribution in [1.29, 1.82) is 0 Å². The summed E-state index contributed by atoms with van der Waals surface area (Å²) >= 11 is 5.85. The van der Waals surface area contributed by atoms with Crippen molar-refractivity contribution < 1.29 is 4.39 Å². The molecule has 1 fully saturated rings. The van der Waals surface area contributed by atoms with Gasteiger partial charge in [0.1, 0.15) is 11.6 Å². The van der Waals surface area contributed by atoms with Crippen LogP contribution in [0.15, 0.2) is 24.4 Å². The predicted molar refractivity (Wildman–Crippen MR) is 95.6 cm³/mol. The molecule has 9 heteroatoms. The summed E-state index contributed by atoms with van der Waals surface area (Å²) in [4.78, 5) is 9.01. The number of nitrogens with one attached hydrogen (secondary N) is 2. The number of hydrogen-bond donors (Lipinski definition) is 3. The van der Waals surface area contributed by atoms with Gasteiger partial charge in [-0.2, -0.15) is 15.1 Å². The second-order valence-electron chi connectivity index (χ2n) is 6.37. The van der Waals surface area contributed by atoms with Gasteiger partial charge >= 0.3 is 0 Å². The molecule has 2 heterocycles. The van der Waals surface area contributed by atoms with Crippen molar-refractivity contribution in [3.8, 4) is 0 Å². The SMILES string of the molecule is Cn1ncc2c(Nc3ccc(F)c(Cl)c3)nc(NCC3(N)CC3)nc21. The number of fused-ring (bicyclic) bond motifs is 1. The first-order valence-electron chi connectivity index (χ1n) is 7.88. The molecule has 1 saturated carbocycles. The van der Waals surface area contributed by atoms with Crippen molar-refractivity contribution in [3.05, 3.63) is 35.2 Å². The first kappa shape index (κ1) is 16.0. The molecule has 25 heavy (non-hydrogen) atoms. The minimum Gasteiger partial charge on any atom is -0.352 e. The summed E-state index contributed by atoms with van der Waals surface area (Å²) in [5.41, 5.74) is 7.24. The summed E-state index contributed by atoms with van der Waals surface area (Å²) in [5.74, 6) is 0.551. The Morgan fingerprint density at radius 1 is 1.36 bits per heavy atom. The first-order chi connectivity index (χ1) is 11.9. The molecule has 130 valence electrons. The highest BCUT2D eigenvalue weighted by Gasteiger charge is 2.38. The Balaban J connectivity index is 1.69. The van der Waals surface area contributed by atoms with Gasteiger partial charge in [-0.25, -0.2) is 4.39 Å². The Labute approximate surface area is 148 Å². The van der Waals surface area contributed by atoms with Crippen molar-refractivity contribution in [2.45, 2.75) is 18.4 Å². The van der Waals surface area contributed by atoms with E-state index in [9.17, 15) is 4.39 Å². The molecule has 1 aliphatic carbocycles. The molecule has 0 spiro atoms. The van der Waals surface area contributed by atoms with Gasteiger partial charge in [-0.15, -0.1) is 0 Å². The maximum atomic E-state index is 13.4. The first-order valence-corrected chi connectivity index (χ1v) is 8.26. The van der Waals surface area contributed by atoms with Crippen molar-refractivity contribution in [3.63, 3.8) is 0 Å². The maximum absolute atomic E-state index is 13.4. The van der Waals surface area contributed by atoms with Crippen molar-refractivity contribution in [1.82, 2.24) is 19.7 Å². The Hall–Kier alpha value is -2.45. The highest BCUT2D eigenvalue weighted by molar-refractivity contribution is 6.31. The number of aryl methyl sites for hydroxylation is 1. The average Bonchev–Trinajstić information content (AvgIpc) is 3.21. The fourth-order valence-electron chi connectivity index (χ4n) is 2.50. The van der Waals surface area contributed by atoms with Crippen LogP contribution in [0, 0.1) is 5.82 Å². The third-order valence-electron chi connectivity index (χ3n) is 4.27. The van der Waals surface area contributed by atoms with Crippen LogP contribution in [0.25, 0.3) is 11.0 Å². The molecule has 7 nitrogen and oxygen atoms in total. The number of hydrogen-bond acceptors (Lipinski definition) is 6. The summed E-state index contributed by atoms with van der Waals surface area (Å²) in [6, 6.07) is 4.40. The summed E-state index contributed by atoms with van der Waals surface area (Å²) in [6.45, 7) is 0.609. The third-order valence-corrected chi connectivity index (χ3v) is 4.55. The summed E-state index contributed by atoms with van der Waals surface area (Å²) in [6.07, 6.45) is 3.66. The van der Waals surface area contributed by atoms with Crippen LogP contribution in [0.3, 0.4) is 0 Å². The Morgan fingerprint density at radius 2 is 2.16 bits per heavy atom. The largest absolute Gasteiger partial charge is 0.352 e. The van der Waals surface area contributed by atoms with Crippen LogP contribution in [-0.2, 0) is 7.05 Å². The smallest absolute Gasteiger partial charge is 0.226 e. The third kappa shape index (κ3) is 3.22. The summed E-state index contributed by atoms with van der Waals surface area (Å²) in [7, 11) is 1.81. The van der Waals surface area contributed by atoms with Gasteiger partial charge in [0, 0.05) is 24.8 Å². The zero-order valence-electron chi connectivity index (χ0n) is 13.6. The molecular weight excluding hydrogens is 345 g/mol. The lowest BCUT2D eigenvalue weighted by Crippen LogP contribution is -2.31. The van der Waals surface area contributed by atoms with E-state index in [1.54, 1.807) is 16.9 Å². The standard InChI is InChI=1S/C16H17ClFN7/c1-25-14-10(7-21-25)13(22-9-2-3-12(18)11(17)6-9)23-15(24-14)20-8-16(19)4-5-16/h2-3,6-7H,4-5,8,19H2,1H3,(H2,20,22,23,24). The number of nitrogens with zero attached hydrogens (tertiary/aromatic N) is 4. The molecule has 4 rings (SSSR count). The molecule has 0 atom stereocenters. The lowest BCUT2D eigenvalue weighted by Gasteiger charge is -2.13. The second-order valence-corrected chi connectivity index (χ2v) is 6.78. The van der Waals surface area contributed by atoms with Gasteiger partial charge in [-0.1, -0.05) is 11.6 Å². The van der Waals surface area contributed by atoms with Crippen LogP contribution in [0.5, 0.6) is 0 Å². The summed E-state index contributed by atoms with van der Waals surface area (Å²) < 4.78 is 15.0. The monoisotopic (exact) mass is 361 g/mol. The van der Waals surface area contributed by atoms with Gasteiger partial charge in [0.2, 0.25) is 5.95 Å². The predicted octanol–water partition coefficient (Wildman–Crippen LogP) is 2.80. The van der Waals surface area contributed by atoms with E-state index in [2.05, 4.69) is 25.7 Å². The number of anilines is 3. The molecular formula is C16H17ClFN7. The average molecular weight is 362 g/mol. The number of nitrogens with two attached hydrogens (primary N) is 1. The second kappa shape index (κ2) is 5.82.